The van der Waals surface area contributed by atoms with Gasteiger partial charge in [0.15, 0.2) is 0 Å². The molecule has 0 unspecified atom stereocenters. The summed E-state index contributed by atoms with van der Waals surface area (Å²) >= 11 is 0. The second-order valence-corrected chi connectivity index (χ2v) is 20.3. The minimum Gasteiger partial charge on any atom is -0.509 e. The Balaban J connectivity index is 0.00000562. The molecule has 2 aromatic heterocycles. The minimum absolute atomic E-state index is 0. The molecule has 0 saturated carbocycles. The number of pyridine rings is 1. The Morgan fingerprint density at radius 1 is 0.612 bits per heavy atom. The molecule has 0 fully saturated rings. The molecule has 3 heterocycles. The third-order valence-electron chi connectivity index (χ3n) is 12.8. The summed E-state index contributed by atoms with van der Waals surface area (Å²) in [6.07, 6.45) is 3.07. The first kappa shape index (κ1) is 45.7. The molecule has 1 aliphatic heterocycles. The summed E-state index contributed by atoms with van der Waals surface area (Å²) < 4.78 is 8.94. The van der Waals surface area contributed by atoms with Crippen molar-refractivity contribution >= 4 is 44.6 Å². The zero-order valence-electron chi connectivity index (χ0n) is 39.9. The molecule has 340 valence electrons. The molecule has 0 amide bonds. The number of rotatable bonds is 9. The van der Waals surface area contributed by atoms with Gasteiger partial charge in [-0.25, -0.2) is 4.98 Å². The van der Waals surface area contributed by atoms with Gasteiger partial charge in [0.2, 0.25) is 0 Å². The van der Waals surface area contributed by atoms with Crippen LogP contribution in [-0.2, 0) is 38.3 Å². The molecule has 6 heteroatoms. The van der Waals surface area contributed by atoms with E-state index in [1.807, 2.05) is 24.4 Å². The van der Waals surface area contributed by atoms with Gasteiger partial charge in [-0.1, -0.05) is 146 Å². The summed E-state index contributed by atoms with van der Waals surface area (Å²) in [5, 5.41) is 2.20. The van der Waals surface area contributed by atoms with E-state index in [-0.39, 0.29) is 31.9 Å². The molecule has 0 aliphatic carbocycles. The smallest absolute Gasteiger partial charge is 0.135 e. The summed E-state index contributed by atoms with van der Waals surface area (Å²) in [7, 11) is 0. The zero-order valence-corrected chi connectivity index (χ0v) is 42.2. The van der Waals surface area contributed by atoms with Crippen LogP contribution in [0.2, 0.25) is 0 Å². The number of anilines is 4. The normalized spacial score (nSPS) is 12.8. The van der Waals surface area contributed by atoms with E-state index in [0.717, 1.165) is 73.5 Å². The minimum atomic E-state index is -0.00596. The Kier molecular flexibility index (Phi) is 12.3. The van der Waals surface area contributed by atoms with Crippen LogP contribution >= 0.6 is 0 Å². The fourth-order valence-electron chi connectivity index (χ4n) is 9.22. The molecule has 7 aromatic carbocycles. The van der Waals surface area contributed by atoms with E-state index in [1.165, 1.54) is 27.8 Å². The second-order valence-electron chi connectivity index (χ2n) is 20.3. The van der Waals surface area contributed by atoms with E-state index in [9.17, 15) is 0 Å². The van der Waals surface area contributed by atoms with Crippen LogP contribution in [0.5, 0.6) is 11.5 Å². The molecule has 10 rings (SSSR count). The second kappa shape index (κ2) is 18.0. The Morgan fingerprint density at radius 2 is 1.28 bits per heavy atom. The molecule has 9 aromatic rings. The van der Waals surface area contributed by atoms with Crippen LogP contribution in [0.1, 0.15) is 77.6 Å². The summed E-state index contributed by atoms with van der Waals surface area (Å²) in [5.74, 6) is 2.62. The number of para-hydroxylation sites is 2. The van der Waals surface area contributed by atoms with Crippen molar-refractivity contribution in [2.45, 2.75) is 79.6 Å². The van der Waals surface area contributed by atoms with E-state index in [1.54, 1.807) is 0 Å². The molecule has 0 radical (unpaired) electrons. The van der Waals surface area contributed by atoms with Gasteiger partial charge in [0.25, 0.3) is 0 Å². The van der Waals surface area contributed by atoms with E-state index >= 15 is 0 Å². The number of aromatic nitrogens is 2. The number of nitrogens with zero attached hydrogens (tertiary/aromatic N) is 4. The molecule has 67 heavy (non-hydrogen) atoms. The van der Waals surface area contributed by atoms with Gasteiger partial charge in [0, 0.05) is 66.9 Å². The van der Waals surface area contributed by atoms with Gasteiger partial charge in [0.1, 0.15) is 5.82 Å². The Morgan fingerprint density at radius 3 is 1.99 bits per heavy atom. The first-order chi connectivity index (χ1) is 31.7. The number of hydrogen-bond acceptors (Lipinski definition) is 4. The third-order valence-corrected chi connectivity index (χ3v) is 12.8. The Bertz CT molecular complexity index is 3230. The maximum atomic E-state index is 6.71. The quantitative estimate of drug-likeness (QED) is 0.135. The summed E-state index contributed by atoms with van der Waals surface area (Å²) in [6.45, 7) is 22.6. The largest absolute Gasteiger partial charge is 0.509 e. The van der Waals surface area contributed by atoms with Crippen LogP contribution in [0.25, 0.3) is 49.9 Å². The number of benzene rings is 7. The van der Waals surface area contributed by atoms with Crippen LogP contribution in [0.4, 0.5) is 22.7 Å². The van der Waals surface area contributed by atoms with Gasteiger partial charge in [-0.15, -0.1) is 48.1 Å². The number of aryl methyl sites for hydroxylation is 1. The zero-order chi connectivity index (χ0) is 45.9. The monoisotopic (exact) mass is 1060 g/mol. The average Bonchev–Trinajstić information content (AvgIpc) is 3.84. The van der Waals surface area contributed by atoms with Crippen LogP contribution in [0.3, 0.4) is 0 Å². The molecule has 5 nitrogen and oxygen atoms in total. The number of fused-ring (bicyclic) bond motifs is 4. The summed E-state index contributed by atoms with van der Waals surface area (Å²) in [4.78, 5) is 9.67. The van der Waals surface area contributed by atoms with Crippen molar-refractivity contribution in [3.05, 3.63) is 199 Å². The fourth-order valence-corrected chi connectivity index (χ4v) is 9.22. The molecular formula is C61H57N4OPt-3. The molecule has 1 aliphatic rings. The fraction of sp³-hybridized carbons (Fsp3) is 0.213. The van der Waals surface area contributed by atoms with Crippen LogP contribution in [-0.4, -0.2) is 9.55 Å². The molecule has 0 bridgehead atoms. The van der Waals surface area contributed by atoms with Crippen molar-refractivity contribution in [1.82, 2.24) is 9.55 Å². The van der Waals surface area contributed by atoms with Gasteiger partial charge in [0.05, 0.1) is 0 Å². The first-order valence-electron chi connectivity index (χ1n) is 23.2. The first-order valence-corrected chi connectivity index (χ1v) is 23.2. The van der Waals surface area contributed by atoms with Crippen LogP contribution < -0.4 is 14.5 Å². The van der Waals surface area contributed by atoms with Crippen molar-refractivity contribution in [3.8, 4) is 39.6 Å². The van der Waals surface area contributed by atoms with E-state index < -0.39 is 0 Å². The van der Waals surface area contributed by atoms with Crippen LogP contribution in [0, 0.1) is 31.6 Å². The van der Waals surface area contributed by atoms with Gasteiger partial charge >= 0.3 is 0 Å². The molecule has 0 N–H and O–H groups in total. The van der Waals surface area contributed by atoms with Crippen molar-refractivity contribution in [3.63, 3.8) is 0 Å². The maximum absolute atomic E-state index is 6.71. The average molecular weight is 1060 g/mol. The van der Waals surface area contributed by atoms with Crippen molar-refractivity contribution in [1.29, 1.82) is 0 Å². The number of ether oxygens (including phenoxy) is 1. The summed E-state index contributed by atoms with van der Waals surface area (Å²) in [5.41, 5.74) is 15.9. The predicted molar refractivity (Wildman–Crippen MR) is 276 cm³/mol. The standard InChI is InChI=1S/C61H57N4O.Pt/c1-40(2)29-42-17-15-20-45(31-42)54-38-62-59(30-41(54)3)65-55-28-25-44(43-18-11-10-12-19-43)32-53(55)52-27-26-51(37-58(52)65)66-50-22-16-21-48(36-50)63-39-64(57-24-14-13-23-56(57)63)49-34-46(60(4,5)6)33-47(35-49)61(7,8)9;/h10-28,30-35,38-40H,29H2,1-9H3;/q-3;. The van der Waals surface area contributed by atoms with Gasteiger partial charge < -0.3 is 19.1 Å². The number of hydrogen-bond donors (Lipinski definition) is 0. The van der Waals surface area contributed by atoms with Gasteiger partial charge in [-0.05, 0) is 111 Å². The molecule has 0 spiro atoms. The topological polar surface area (TPSA) is 33.5 Å². The maximum Gasteiger partial charge on any atom is 0.135 e. The predicted octanol–water partition coefficient (Wildman–Crippen LogP) is 16.4. The van der Waals surface area contributed by atoms with Gasteiger partial charge in [-0.3, -0.25) is 0 Å². The Hall–Kier alpha value is -6.42. The molecular weight excluding hydrogens is 1000 g/mol. The van der Waals surface area contributed by atoms with Crippen LogP contribution in [0.15, 0.2) is 158 Å². The Labute approximate surface area is 411 Å². The van der Waals surface area contributed by atoms with Crippen molar-refractivity contribution in [2.24, 2.45) is 5.92 Å². The van der Waals surface area contributed by atoms with Gasteiger partial charge in [-0.2, -0.15) is 12.1 Å². The third kappa shape index (κ3) is 9.07. The van der Waals surface area contributed by atoms with E-state index in [4.69, 9.17) is 9.72 Å². The van der Waals surface area contributed by atoms with Crippen molar-refractivity contribution in [2.75, 3.05) is 9.80 Å². The molecule has 0 atom stereocenters. The summed E-state index contributed by atoms with van der Waals surface area (Å²) in [6, 6.07) is 61.5. The SMILES string of the molecule is Cc1cc(-n2c3[c-]c(Oc4[c-]c(N5[CH-]N(c6cc(C(C)(C)C)cc(C(C)(C)C)c6)c6ccccc65)ccc4)ccc3c3cc(-c4ccccc4)ccc32)ncc1-c1cccc(CC(C)C)c1.[Pt]. The van der Waals surface area contributed by atoms with Crippen molar-refractivity contribution < 1.29 is 25.8 Å². The van der Waals surface area contributed by atoms with E-state index in [0.29, 0.717) is 17.4 Å². The molecule has 0 saturated heterocycles. The van der Waals surface area contributed by atoms with E-state index in [2.05, 4.69) is 229 Å².